The first kappa shape index (κ1) is 18.6. The number of quaternary nitrogens is 1. The summed E-state index contributed by atoms with van der Waals surface area (Å²) in [5.74, 6) is -0.255. The molecule has 2 rings (SSSR count). The van der Waals surface area contributed by atoms with Crippen molar-refractivity contribution in [3.63, 3.8) is 0 Å². The van der Waals surface area contributed by atoms with E-state index in [1.807, 2.05) is 24.3 Å². The highest BCUT2D eigenvalue weighted by Crippen LogP contribution is 2.20. The topological polar surface area (TPSA) is 28.5 Å². The van der Waals surface area contributed by atoms with Crippen LogP contribution in [0.1, 0.15) is 17.2 Å². The number of benzene rings is 2. The molecule has 2 aromatic carbocycles. The Bertz CT molecular complexity index is 721. The van der Waals surface area contributed by atoms with Crippen LogP contribution < -0.4 is 15.5 Å². The van der Waals surface area contributed by atoms with Gasteiger partial charge in [0.05, 0.1) is 20.6 Å². The van der Waals surface area contributed by atoms with E-state index in [1.54, 1.807) is 19.1 Å². The van der Waals surface area contributed by atoms with Gasteiger partial charge in [0.1, 0.15) is 11.9 Å². The zero-order valence-corrected chi connectivity index (χ0v) is 15.6. The molecule has 2 aromatic rings. The molecule has 0 aliphatic heterocycles. The Morgan fingerprint density at radius 3 is 2.58 bits per heavy atom. The minimum Gasteiger partial charge on any atom is -0.356 e. The zero-order chi connectivity index (χ0) is 17.7. The molecule has 3 nitrogen and oxygen atoms in total. The summed E-state index contributed by atoms with van der Waals surface area (Å²) in [6.07, 6.45) is 0. The quantitative estimate of drug-likeness (QED) is 0.710. The van der Waals surface area contributed by atoms with Crippen LogP contribution in [0.25, 0.3) is 0 Å². The third kappa shape index (κ3) is 4.90. The largest absolute Gasteiger partial charge is 0.356 e. The number of hydrogen-bond acceptors (Lipinski definition) is 1. The third-order valence-corrected chi connectivity index (χ3v) is 4.46. The van der Waals surface area contributed by atoms with E-state index in [4.69, 9.17) is 23.8 Å². The van der Waals surface area contributed by atoms with Crippen molar-refractivity contribution in [1.29, 1.82) is 0 Å². The van der Waals surface area contributed by atoms with Crippen molar-refractivity contribution in [3.8, 4) is 0 Å². The number of thiocarbonyl (C=S) groups is 1. The molecule has 0 aromatic heterocycles. The van der Waals surface area contributed by atoms with Crippen molar-refractivity contribution >= 4 is 34.6 Å². The van der Waals surface area contributed by atoms with E-state index >= 15 is 0 Å². The van der Waals surface area contributed by atoms with Crippen LogP contribution in [0.3, 0.4) is 0 Å². The average Bonchev–Trinajstić information content (AvgIpc) is 2.52. The minimum absolute atomic E-state index is 0.146. The summed E-state index contributed by atoms with van der Waals surface area (Å²) in [5.41, 5.74) is 2.30. The predicted molar refractivity (Wildman–Crippen MR) is 102 cm³/mol. The van der Waals surface area contributed by atoms with Crippen LogP contribution >= 0.6 is 23.8 Å². The van der Waals surface area contributed by atoms with Crippen LogP contribution in [-0.4, -0.2) is 25.8 Å². The van der Waals surface area contributed by atoms with Crippen molar-refractivity contribution in [2.24, 2.45) is 0 Å². The summed E-state index contributed by atoms with van der Waals surface area (Å²) < 4.78 is 13.6. The molecule has 0 heterocycles. The maximum absolute atomic E-state index is 13.6. The second-order valence-corrected chi connectivity index (χ2v) is 6.77. The first-order valence-corrected chi connectivity index (χ1v) is 8.52. The van der Waals surface area contributed by atoms with E-state index in [0.717, 1.165) is 10.6 Å². The highest BCUT2D eigenvalue weighted by Gasteiger charge is 2.20. The Morgan fingerprint density at radius 2 is 1.96 bits per heavy atom. The fourth-order valence-corrected chi connectivity index (χ4v) is 2.89. The van der Waals surface area contributed by atoms with Gasteiger partial charge in [-0.3, -0.25) is 0 Å². The molecule has 6 heteroatoms. The van der Waals surface area contributed by atoms with Gasteiger partial charge < -0.3 is 15.5 Å². The third-order valence-electron chi connectivity index (χ3n) is 3.87. The van der Waals surface area contributed by atoms with Gasteiger partial charge in [-0.15, -0.1) is 0 Å². The van der Waals surface area contributed by atoms with Gasteiger partial charge in [0.2, 0.25) is 0 Å². The van der Waals surface area contributed by atoms with E-state index in [-0.39, 0.29) is 11.9 Å². The number of anilines is 1. The molecule has 0 saturated carbocycles. The molecule has 0 fully saturated rings. The molecule has 0 amide bonds. The molecular weight excluding hydrogens is 345 g/mol. The monoisotopic (exact) mass is 366 g/mol. The lowest BCUT2D eigenvalue weighted by molar-refractivity contribution is -0.890. The Balaban J connectivity index is 2.00. The Morgan fingerprint density at radius 1 is 1.25 bits per heavy atom. The first-order chi connectivity index (χ1) is 11.4. The maximum atomic E-state index is 13.6. The molecule has 0 aliphatic carbocycles. The van der Waals surface area contributed by atoms with E-state index in [2.05, 4.69) is 24.7 Å². The minimum atomic E-state index is -0.255. The normalized spacial score (nSPS) is 12.1. The van der Waals surface area contributed by atoms with Crippen LogP contribution in [0.15, 0.2) is 42.5 Å². The number of nitrogens with one attached hydrogen (secondary N) is 3. The fraction of sp³-hybridized carbons (Fsp3) is 0.278. The average molecular weight is 367 g/mol. The van der Waals surface area contributed by atoms with Gasteiger partial charge in [0.15, 0.2) is 5.11 Å². The van der Waals surface area contributed by atoms with Crippen molar-refractivity contribution in [2.45, 2.75) is 13.0 Å². The Labute approximate surface area is 152 Å². The number of halogens is 2. The second-order valence-electron chi connectivity index (χ2n) is 5.95. The molecule has 0 aliphatic rings. The van der Waals surface area contributed by atoms with Crippen molar-refractivity contribution in [1.82, 2.24) is 5.32 Å². The number of hydrogen-bond donors (Lipinski definition) is 3. The Hall–Kier alpha value is -1.69. The molecular formula is C18H22ClFN3S+. The van der Waals surface area contributed by atoms with Gasteiger partial charge >= 0.3 is 0 Å². The maximum Gasteiger partial charge on any atom is 0.171 e. The predicted octanol–water partition coefficient (Wildman–Crippen LogP) is 2.96. The van der Waals surface area contributed by atoms with Crippen LogP contribution in [-0.2, 0) is 0 Å². The molecule has 1 atom stereocenters. The lowest BCUT2D eigenvalue weighted by atomic mass is 10.1. The van der Waals surface area contributed by atoms with Crippen LogP contribution in [0.4, 0.5) is 10.1 Å². The molecule has 3 N–H and O–H groups in total. The highest BCUT2D eigenvalue weighted by atomic mass is 35.5. The molecule has 0 saturated heterocycles. The summed E-state index contributed by atoms with van der Waals surface area (Å²) in [5, 5.41) is 7.40. The number of aryl methyl sites for hydroxylation is 1. The number of likely N-dealkylation sites (N-methyl/N-ethyl adjacent to an activating group) is 1. The first-order valence-electron chi connectivity index (χ1n) is 7.74. The smallest absolute Gasteiger partial charge is 0.171 e. The molecule has 0 radical (unpaired) electrons. The van der Waals surface area contributed by atoms with Gasteiger partial charge in [-0.1, -0.05) is 35.9 Å². The summed E-state index contributed by atoms with van der Waals surface area (Å²) in [6.45, 7) is 2.34. The van der Waals surface area contributed by atoms with E-state index in [1.165, 1.54) is 11.0 Å². The summed E-state index contributed by atoms with van der Waals surface area (Å²) in [7, 11) is 4.14. The SMILES string of the molecule is Cc1ccc(NC(=S)NC[C@H](c2ccccc2Cl)[NH+](C)C)cc1F. The molecule has 0 bridgehead atoms. The van der Waals surface area contributed by atoms with E-state index in [9.17, 15) is 4.39 Å². The molecule has 0 unspecified atom stereocenters. The van der Waals surface area contributed by atoms with Gasteiger partial charge in [0.25, 0.3) is 0 Å². The van der Waals surface area contributed by atoms with Gasteiger partial charge in [-0.05, 0) is 42.9 Å². The molecule has 24 heavy (non-hydrogen) atoms. The zero-order valence-electron chi connectivity index (χ0n) is 14.0. The Kier molecular flexibility index (Phi) is 6.54. The summed E-state index contributed by atoms with van der Waals surface area (Å²) >= 11 is 11.6. The van der Waals surface area contributed by atoms with Gasteiger partial charge in [0, 0.05) is 16.3 Å². The molecule has 0 spiro atoms. The van der Waals surface area contributed by atoms with E-state index < -0.39 is 0 Å². The van der Waals surface area contributed by atoms with Crippen LogP contribution in [0.5, 0.6) is 0 Å². The van der Waals surface area contributed by atoms with Crippen LogP contribution in [0.2, 0.25) is 5.02 Å². The van der Waals surface area contributed by atoms with Crippen molar-refractivity contribution in [3.05, 3.63) is 64.4 Å². The highest BCUT2D eigenvalue weighted by molar-refractivity contribution is 7.80. The number of rotatable bonds is 5. The van der Waals surface area contributed by atoms with Crippen molar-refractivity contribution < 1.29 is 9.29 Å². The summed E-state index contributed by atoms with van der Waals surface area (Å²) in [6, 6.07) is 12.9. The molecule has 128 valence electrons. The lowest BCUT2D eigenvalue weighted by Crippen LogP contribution is -3.07. The van der Waals surface area contributed by atoms with Crippen LogP contribution in [0, 0.1) is 12.7 Å². The fourth-order valence-electron chi connectivity index (χ4n) is 2.42. The standard InChI is InChI=1S/C18H21ClFN3S/c1-12-8-9-13(10-16(12)20)22-18(24)21-11-17(23(2)3)14-6-4-5-7-15(14)19/h4-10,17H,11H2,1-3H3,(H2,21,22,24)/p+1/t17-/m1/s1. The van der Waals surface area contributed by atoms with Gasteiger partial charge in [-0.2, -0.15) is 0 Å². The van der Waals surface area contributed by atoms with Gasteiger partial charge in [-0.25, -0.2) is 4.39 Å². The van der Waals surface area contributed by atoms with E-state index in [0.29, 0.717) is 22.9 Å². The second kappa shape index (κ2) is 8.42. The summed E-state index contributed by atoms with van der Waals surface area (Å²) in [4.78, 5) is 1.24. The van der Waals surface area contributed by atoms with Crippen molar-refractivity contribution in [2.75, 3.05) is 26.0 Å². The lowest BCUT2D eigenvalue weighted by Gasteiger charge is -2.24.